The van der Waals surface area contributed by atoms with Gasteiger partial charge in [0, 0.05) is 5.75 Å². The molecule has 0 aromatic heterocycles. The van der Waals surface area contributed by atoms with Crippen molar-refractivity contribution >= 4 is 27.9 Å². The molecule has 0 bridgehead atoms. The Morgan fingerprint density at radius 1 is 1.28 bits per heavy atom. The molecule has 1 N–H and O–H groups in total. The fourth-order valence-corrected chi connectivity index (χ4v) is 4.48. The topological polar surface area (TPSA) is 32.6 Å². The number of rotatable bonds is 8. The second kappa shape index (κ2) is 8.49. The number of aliphatic hydroxyl groups is 1. The number of thioether (sulfide) groups is 2. The minimum atomic E-state index is -0.560. The zero-order valence-corrected chi connectivity index (χ0v) is 13.6. The third kappa shape index (κ3) is 4.78. The average Bonchev–Trinajstić information content (AvgIpc) is 2.83. The van der Waals surface area contributed by atoms with Gasteiger partial charge in [0.1, 0.15) is 4.38 Å². The molecule has 1 rings (SSSR count). The molecule has 1 atom stereocenters. The number of hydrogen-bond acceptors (Lipinski definition) is 4. The fraction of sp³-hybridized carbons (Fsp3) is 0.929. The molecule has 0 aliphatic carbocycles. The van der Waals surface area contributed by atoms with E-state index in [1.54, 1.807) is 0 Å². The summed E-state index contributed by atoms with van der Waals surface area (Å²) in [4.78, 5) is 4.75. The lowest BCUT2D eigenvalue weighted by molar-refractivity contribution is 0.00187. The summed E-state index contributed by atoms with van der Waals surface area (Å²) in [6.07, 6.45) is 6.31. The van der Waals surface area contributed by atoms with Gasteiger partial charge >= 0.3 is 0 Å². The maximum absolute atomic E-state index is 10.9. The Morgan fingerprint density at radius 2 is 1.89 bits per heavy atom. The highest BCUT2D eigenvalue weighted by molar-refractivity contribution is 8.39. The normalized spacial score (nSPS) is 20.2. The first-order valence-corrected chi connectivity index (χ1v) is 9.19. The maximum Gasteiger partial charge on any atom is 0.125 e. The molecule has 0 amide bonds. The van der Waals surface area contributed by atoms with Crippen LogP contribution in [0.15, 0.2) is 4.99 Å². The molecule has 1 heterocycles. The second-order valence-corrected chi connectivity index (χ2v) is 7.49. The lowest BCUT2D eigenvalue weighted by Crippen LogP contribution is -2.41. The molecule has 4 heteroatoms. The van der Waals surface area contributed by atoms with Crippen LogP contribution in [0, 0.1) is 0 Å². The Hall–Kier alpha value is 0.330. The van der Waals surface area contributed by atoms with Crippen LogP contribution in [0.1, 0.15) is 59.3 Å². The van der Waals surface area contributed by atoms with Crippen LogP contribution in [0.5, 0.6) is 0 Å². The maximum atomic E-state index is 10.9. The minimum Gasteiger partial charge on any atom is -0.388 e. The summed E-state index contributed by atoms with van der Waals surface area (Å²) in [6.45, 7) is 6.53. The molecule has 0 saturated heterocycles. The predicted molar refractivity (Wildman–Crippen MR) is 85.8 cm³/mol. The van der Waals surface area contributed by atoms with Gasteiger partial charge in [-0.1, -0.05) is 58.2 Å². The van der Waals surface area contributed by atoms with E-state index in [1.165, 1.54) is 4.38 Å². The Balaban J connectivity index is 2.64. The summed E-state index contributed by atoms with van der Waals surface area (Å²) in [5, 5.41) is 10.9. The quantitative estimate of drug-likeness (QED) is 0.722. The van der Waals surface area contributed by atoms with E-state index in [2.05, 4.69) is 20.8 Å². The van der Waals surface area contributed by atoms with E-state index >= 15 is 0 Å². The van der Waals surface area contributed by atoms with Gasteiger partial charge in [-0.05, 0) is 18.6 Å². The summed E-state index contributed by atoms with van der Waals surface area (Å²) in [5.41, 5.74) is -0.560. The highest BCUT2D eigenvalue weighted by Crippen LogP contribution is 2.36. The van der Waals surface area contributed by atoms with Gasteiger partial charge in [0.15, 0.2) is 0 Å². The zero-order chi connectivity index (χ0) is 13.4. The molecule has 2 nitrogen and oxygen atoms in total. The van der Waals surface area contributed by atoms with Crippen molar-refractivity contribution in [2.45, 2.75) is 70.9 Å². The van der Waals surface area contributed by atoms with Crippen molar-refractivity contribution in [2.75, 3.05) is 11.5 Å². The highest BCUT2D eigenvalue weighted by atomic mass is 32.2. The van der Waals surface area contributed by atoms with E-state index in [0.29, 0.717) is 0 Å². The molecule has 0 saturated carbocycles. The van der Waals surface area contributed by atoms with E-state index < -0.39 is 5.60 Å². The third-order valence-electron chi connectivity index (χ3n) is 3.44. The van der Waals surface area contributed by atoms with Crippen LogP contribution in [0.2, 0.25) is 0 Å². The summed E-state index contributed by atoms with van der Waals surface area (Å²) in [5.74, 6) is 2.03. The van der Waals surface area contributed by atoms with Crippen LogP contribution >= 0.6 is 23.5 Å². The standard InChI is InChI=1S/C14H27NOS2/c1-4-7-9-14(16,10-8-5-2)12-11-18-13(15-12)17-6-3/h12,16H,4-11H2,1-3H3/t12-/m0/s1. The Bertz CT molecular complexity index is 261. The summed E-state index contributed by atoms with van der Waals surface area (Å²) in [7, 11) is 0. The van der Waals surface area contributed by atoms with Crippen molar-refractivity contribution < 1.29 is 5.11 Å². The van der Waals surface area contributed by atoms with E-state index in [-0.39, 0.29) is 6.04 Å². The first-order valence-electron chi connectivity index (χ1n) is 7.22. The van der Waals surface area contributed by atoms with Crippen molar-refractivity contribution in [1.29, 1.82) is 0 Å². The molecule has 1 aliphatic rings. The molecule has 0 aromatic carbocycles. The Labute approximate surface area is 120 Å². The molecule has 0 unspecified atom stereocenters. The molecular weight excluding hydrogens is 262 g/mol. The van der Waals surface area contributed by atoms with Crippen LogP contribution < -0.4 is 0 Å². The first-order chi connectivity index (χ1) is 8.66. The minimum absolute atomic E-state index is 0.120. The summed E-state index contributed by atoms with van der Waals surface area (Å²) < 4.78 is 1.17. The van der Waals surface area contributed by atoms with Gasteiger partial charge in [0.2, 0.25) is 0 Å². The van der Waals surface area contributed by atoms with E-state index in [4.69, 9.17) is 4.99 Å². The van der Waals surface area contributed by atoms with Gasteiger partial charge in [0.05, 0.1) is 11.6 Å². The molecule has 0 fully saturated rings. The second-order valence-electron chi connectivity index (χ2n) is 4.97. The van der Waals surface area contributed by atoms with Crippen molar-refractivity contribution in [3.63, 3.8) is 0 Å². The van der Waals surface area contributed by atoms with Crippen molar-refractivity contribution in [1.82, 2.24) is 0 Å². The SMILES string of the molecule is CCCCC(O)(CCCC)[C@@H]1CSC(SCC)=N1. The van der Waals surface area contributed by atoms with Crippen molar-refractivity contribution in [3.05, 3.63) is 0 Å². The molecule has 0 spiro atoms. The largest absolute Gasteiger partial charge is 0.388 e. The van der Waals surface area contributed by atoms with Crippen molar-refractivity contribution in [3.8, 4) is 0 Å². The zero-order valence-electron chi connectivity index (χ0n) is 11.9. The number of hydrogen-bond donors (Lipinski definition) is 1. The van der Waals surface area contributed by atoms with E-state index in [0.717, 1.165) is 50.0 Å². The van der Waals surface area contributed by atoms with Gasteiger partial charge in [0.25, 0.3) is 0 Å². The molecule has 18 heavy (non-hydrogen) atoms. The molecular formula is C14H27NOS2. The third-order valence-corrected chi connectivity index (χ3v) is 5.62. The number of nitrogens with zero attached hydrogens (tertiary/aromatic N) is 1. The van der Waals surface area contributed by atoms with Crippen LogP contribution in [0.25, 0.3) is 0 Å². The van der Waals surface area contributed by atoms with E-state index in [1.807, 2.05) is 23.5 Å². The van der Waals surface area contributed by atoms with Crippen molar-refractivity contribution in [2.24, 2.45) is 4.99 Å². The molecule has 0 radical (unpaired) electrons. The van der Waals surface area contributed by atoms with Gasteiger partial charge in [-0.25, -0.2) is 0 Å². The lowest BCUT2D eigenvalue weighted by atomic mass is 9.85. The summed E-state index contributed by atoms with van der Waals surface area (Å²) in [6, 6.07) is 0.120. The van der Waals surface area contributed by atoms with Gasteiger partial charge < -0.3 is 5.11 Å². The van der Waals surface area contributed by atoms with Crippen LogP contribution in [-0.4, -0.2) is 32.6 Å². The lowest BCUT2D eigenvalue weighted by Gasteiger charge is -2.32. The smallest absolute Gasteiger partial charge is 0.125 e. The van der Waals surface area contributed by atoms with Gasteiger partial charge in [-0.3, -0.25) is 4.99 Å². The van der Waals surface area contributed by atoms with Gasteiger partial charge in [-0.2, -0.15) is 0 Å². The van der Waals surface area contributed by atoms with E-state index in [9.17, 15) is 5.11 Å². The van der Waals surface area contributed by atoms with Crippen LogP contribution in [0.4, 0.5) is 0 Å². The number of aliphatic imine (C=N–C) groups is 1. The molecule has 0 aromatic rings. The average molecular weight is 290 g/mol. The summed E-state index contributed by atoms with van der Waals surface area (Å²) >= 11 is 3.63. The number of unbranched alkanes of at least 4 members (excludes halogenated alkanes) is 2. The van der Waals surface area contributed by atoms with Crippen LogP contribution in [-0.2, 0) is 0 Å². The molecule has 106 valence electrons. The Morgan fingerprint density at radius 3 is 2.39 bits per heavy atom. The fourth-order valence-electron chi connectivity index (χ4n) is 2.25. The first kappa shape index (κ1) is 16.4. The van der Waals surface area contributed by atoms with Crippen LogP contribution in [0.3, 0.4) is 0 Å². The highest BCUT2D eigenvalue weighted by Gasteiger charge is 2.38. The monoisotopic (exact) mass is 289 g/mol. The Kier molecular flexibility index (Phi) is 7.73. The predicted octanol–water partition coefficient (Wildman–Crippen LogP) is 4.32. The molecule has 1 aliphatic heterocycles. The van der Waals surface area contributed by atoms with Gasteiger partial charge in [-0.15, -0.1) is 11.8 Å².